The highest BCUT2D eigenvalue weighted by Gasteiger charge is 2.16. The lowest BCUT2D eigenvalue weighted by Crippen LogP contribution is -2.24. The Kier molecular flexibility index (Phi) is 5.80. The fourth-order valence-corrected chi connectivity index (χ4v) is 3.07. The lowest BCUT2D eigenvalue weighted by atomic mass is 9.95. The molecule has 0 fully saturated rings. The van der Waals surface area contributed by atoms with Crippen LogP contribution in [-0.2, 0) is 6.42 Å². The number of hydrogen-bond donors (Lipinski definition) is 1. The van der Waals surface area contributed by atoms with Gasteiger partial charge in [-0.25, -0.2) is 4.39 Å². The zero-order valence-corrected chi connectivity index (χ0v) is 14.4. The van der Waals surface area contributed by atoms with Crippen LogP contribution in [0.1, 0.15) is 29.7 Å². The van der Waals surface area contributed by atoms with Gasteiger partial charge in [-0.05, 0) is 54.8 Å². The summed E-state index contributed by atoms with van der Waals surface area (Å²) in [6.07, 6.45) is 0.726. The minimum absolute atomic E-state index is 0.149. The van der Waals surface area contributed by atoms with E-state index in [1.165, 1.54) is 23.3 Å². The van der Waals surface area contributed by atoms with Gasteiger partial charge >= 0.3 is 0 Å². The van der Waals surface area contributed by atoms with Gasteiger partial charge in [0.05, 0.1) is 0 Å². The number of hydrogen-bond acceptors (Lipinski definition) is 1. The fraction of sp³-hybridized carbons (Fsp3) is 0.294. The van der Waals surface area contributed by atoms with Gasteiger partial charge in [-0.1, -0.05) is 52.7 Å². The molecule has 0 amide bonds. The van der Waals surface area contributed by atoms with Crippen molar-refractivity contribution < 1.29 is 4.39 Å². The van der Waals surface area contributed by atoms with E-state index in [1.54, 1.807) is 6.07 Å². The van der Waals surface area contributed by atoms with Crippen LogP contribution in [0.5, 0.6) is 0 Å². The second-order valence-electron chi connectivity index (χ2n) is 5.00. The molecule has 112 valence electrons. The second-order valence-corrected chi connectivity index (χ2v) is 6.27. The lowest BCUT2D eigenvalue weighted by Gasteiger charge is -2.21. The Morgan fingerprint density at radius 1 is 1.29 bits per heavy atom. The molecule has 0 saturated heterocycles. The van der Waals surface area contributed by atoms with Crippen molar-refractivity contribution in [1.82, 2.24) is 5.32 Å². The van der Waals surface area contributed by atoms with Crippen LogP contribution in [0.15, 0.2) is 40.9 Å². The topological polar surface area (TPSA) is 12.0 Å². The van der Waals surface area contributed by atoms with Gasteiger partial charge in [0.15, 0.2) is 0 Å². The van der Waals surface area contributed by atoms with E-state index in [4.69, 9.17) is 11.6 Å². The summed E-state index contributed by atoms with van der Waals surface area (Å²) in [5.41, 5.74) is 3.39. The third kappa shape index (κ3) is 4.06. The number of likely N-dealkylation sites (N-methyl/N-ethyl adjacent to an activating group) is 1. The van der Waals surface area contributed by atoms with Crippen molar-refractivity contribution in [3.63, 3.8) is 0 Å². The number of rotatable bonds is 5. The highest BCUT2D eigenvalue weighted by Crippen LogP contribution is 2.29. The summed E-state index contributed by atoms with van der Waals surface area (Å²) in [4.78, 5) is 0. The largest absolute Gasteiger partial charge is 0.310 e. The molecular weight excluding hydrogens is 353 g/mol. The van der Waals surface area contributed by atoms with Crippen molar-refractivity contribution in [1.29, 1.82) is 0 Å². The van der Waals surface area contributed by atoms with E-state index in [2.05, 4.69) is 41.2 Å². The first-order valence-corrected chi connectivity index (χ1v) is 8.12. The van der Waals surface area contributed by atoms with Crippen molar-refractivity contribution in [2.45, 2.75) is 26.3 Å². The highest BCUT2D eigenvalue weighted by molar-refractivity contribution is 9.10. The molecule has 0 aliphatic rings. The minimum atomic E-state index is -0.303. The molecule has 21 heavy (non-hydrogen) atoms. The maximum atomic E-state index is 13.2. The summed E-state index contributed by atoms with van der Waals surface area (Å²) in [5, 5.41) is 3.96. The molecule has 0 aliphatic carbocycles. The monoisotopic (exact) mass is 369 g/mol. The Balaban J connectivity index is 2.33. The summed E-state index contributed by atoms with van der Waals surface area (Å²) in [6, 6.07) is 10.9. The van der Waals surface area contributed by atoms with Gasteiger partial charge in [-0.2, -0.15) is 0 Å². The molecule has 1 atom stereocenters. The Labute approximate surface area is 138 Å². The van der Waals surface area contributed by atoms with Crippen LogP contribution >= 0.6 is 27.5 Å². The molecule has 4 heteroatoms. The molecule has 0 radical (unpaired) electrons. The molecule has 2 rings (SSSR count). The quantitative estimate of drug-likeness (QED) is 0.738. The molecule has 0 aromatic heterocycles. The van der Waals surface area contributed by atoms with Gasteiger partial charge in [-0.15, -0.1) is 0 Å². The minimum Gasteiger partial charge on any atom is -0.310 e. The van der Waals surface area contributed by atoms with E-state index in [0.29, 0.717) is 5.02 Å². The molecular formula is C17H18BrClFN. The zero-order valence-electron chi connectivity index (χ0n) is 12.1. The Morgan fingerprint density at radius 2 is 2.05 bits per heavy atom. The van der Waals surface area contributed by atoms with Gasteiger partial charge in [0.25, 0.3) is 0 Å². The summed E-state index contributed by atoms with van der Waals surface area (Å²) in [7, 11) is 0. The predicted molar refractivity (Wildman–Crippen MR) is 90.4 cm³/mol. The smallest absolute Gasteiger partial charge is 0.124 e. The molecule has 1 unspecified atom stereocenters. The molecule has 1 nitrogen and oxygen atoms in total. The first-order valence-electron chi connectivity index (χ1n) is 6.95. The average Bonchev–Trinajstić information content (AvgIpc) is 2.44. The van der Waals surface area contributed by atoms with Crippen LogP contribution in [0.3, 0.4) is 0 Å². The maximum absolute atomic E-state index is 13.2. The van der Waals surface area contributed by atoms with E-state index in [9.17, 15) is 4.39 Å². The summed E-state index contributed by atoms with van der Waals surface area (Å²) < 4.78 is 14.3. The van der Waals surface area contributed by atoms with Gasteiger partial charge in [0, 0.05) is 15.5 Å². The van der Waals surface area contributed by atoms with Gasteiger partial charge in [-0.3, -0.25) is 0 Å². The maximum Gasteiger partial charge on any atom is 0.124 e. The second kappa shape index (κ2) is 7.39. The third-order valence-corrected chi connectivity index (χ3v) is 4.79. The molecule has 1 N–H and O–H groups in total. The Morgan fingerprint density at radius 3 is 2.71 bits per heavy atom. The number of halogens is 3. The van der Waals surface area contributed by atoms with E-state index in [1.807, 2.05) is 12.1 Å². The first-order chi connectivity index (χ1) is 10.0. The average molecular weight is 371 g/mol. The summed E-state index contributed by atoms with van der Waals surface area (Å²) in [6.45, 7) is 5.03. The Bertz CT molecular complexity index is 630. The molecule has 2 aromatic carbocycles. The van der Waals surface area contributed by atoms with Crippen molar-refractivity contribution in [3.8, 4) is 0 Å². The molecule has 0 bridgehead atoms. The fourth-order valence-electron chi connectivity index (χ4n) is 2.45. The summed E-state index contributed by atoms with van der Waals surface area (Å²) in [5.74, 6) is -0.303. The molecule has 0 spiro atoms. The van der Waals surface area contributed by atoms with Crippen molar-refractivity contribution >= 4 is 27.5 Å². The third-order valence-electron chi connectivity index (χ3n) is 3.57. The number of nitrogens with one attached hydrogen (secondary N) is 1. The molecule has 0 aliphatic heterocycles. The van der Waals surface area contributed by atoms with E-state index in [-0.39, 0.29) is 11.9 Å². The van der Waals surface area contributed by atoms with Crippen molar-refractivity contribution in [2.75, 3.05) is 6.54 Å². The van der Waals surface area contributed by atoms with Gasteiger partial charge in [0.1, 0.15) is 5.82 Å². The van der Waals surface area contributed by atoms with E-state index in [0.717, 1.165) is 23.0 Å². The van der Waals surface area contributed by atoms with Crippen LogP contribution in [0, 0.1) is 12.7 Å². The zero-order chi connectivity index (χ0) is 15.4. The van der Waals surface area contributed by atoms with Crippen LogP contribution in [0.2, 0.25) is 5.02 Å². The normalized spacial score (nSPS) is 12.4. The van der Waals surface area contributed by atoms with Crippen LogP contribution in [-0.4, -0.2) is 6.54 Å². The van der Waals surface area contributed by atoms with Gasteiger partial charge in [0.2, 0.25) is 0 Å². The van der Waals surface area contributed by atoms with Crippen molar-refractivity contribution in [2.24, 2.45) is 0 Å². The first kappa shape index (κ1) is 16.5. The van der Waals surface area contributed by atoms with Crippen molar-refractivity contribution in [3.05, 3.63) is 68.4 Å². The van der Waals surface area contributed by atoms with Gasteiger partial charge < -0.3 is 5.32 Å². The standard InChI is InChI=1S/C17H18BrClFN/c1-3-21-17(14-5-4-6-15(18)11(14)2)9-12-7-8-13(20)10-16(12)19/h4-8,10,17,21H,3,9H2,1-2H3. The van der Waals surface area contributed by atoms with Crippen LogP contribution in [0.25, 0.3) is 0 Å². The lowest BCUT2D eigenvalue weighted by molar-refractivity contribution is 0.546. The van der Waals surface area contributed by atoms with E-state index < -0.39 is 0 Å². The van der Waals surface area contributed by atoms with Crippen LogP contribution < -0.4 is 5.32 Å². The SMILES string of the molecule is CCNC(Cc1ccc(F)cc1Cl)c1cccc(Br)c1C. The van der Waals surface area contributed by atoms with E-state index >= 15 is 0 Å². The number of benzene rings is 2. The summed E-state index contributed by atoms with van der Waals surface area (Å²) >= 11 is 9.73. The highest BCUT2D eigenvalue weighted by atomic mass is 79.9. The predicted octanol–water partition coefficient (Wildman–Crippen LogP) is 5.44. The molecule has 0 saturated carbocycles. The Hall–Kier alpha value is -0.900. The molecule has 2 aromatic rings. The molecule has 0 heterocycles. The van der Waals surface area contributed by atoms with Crippen LogP contribution in [0.4, 0.5) is 4.39 Å².